The predicted molar refractivity (Wildman–Crippen MR) is 67.4 cm³/mol. The van der Waals surface area contributed by atoms with E-state index in [9.17, 15) is 4.79 Å². The Balaban J connectivity index is 2.58. The van der Waals surface area contributed by atoms with Gasteiger partial charge >= 0.3 is 5.63 Å². The lowest BCUT2D eigenvalue weighted by Crippen LogP contribution is -2.02. The topological polar surface area (TPSA) is 51.5 Å². The van der Waals surface area contributed by atoms with Crippen molar-refractivity contribution in [1.29, 1.82) is 0 Å². The van der Waals surface area contributed by atoms with E-state index in [1.807, 2.05) is 25.1 Å². The third-order valence-corrected chi connectivity index (χ3v) is 2.51. The number of rotatable bonds is 4. The molecule has 1 N–H and O–H groups in total. The van der Waals surface area contributed by atoms with Crippen LogP contribution in [0.4, 0.5) is 5.69 Å². The largest absolute Gasteiger partial charge is 0.423 e. The van der Waals surface area contributed by atoms with Crippen molar-refractivity contribution in [2.75, 3.05) is 19.0 Å². The Bertz CT molecular complexity index is 574. The number of anilines is 1. The molecule has 0 saturated heterocycles. The molecule has 4 heteroatoms. The van der Waals surface area contributed by atoms with Crippen molar-refractivity contribution >= 4 is 16.7 Å². The standard InChI is InChI=1S/C13H15NO3/c1-3-14-10-4-5-11-9(8-16-2)6-13(15)17-12(11)7-10/h4-7,14H,3,8H2,1-2H3. The SMILES string of the molecule is CCNc1ccc2c(COC)cc(=O)oc2c1. The molecule has 2 rings (SSSR count). The van der Waals surface area contributed by atoms with Gasteiger partial charge in [-0.05, 0) is 24.6 Å². The molecule has 0 unspecified atom stereocenters. The van der Waals surface area contributed by atoms with Crippen LogP contribution < -0.4 is 10.9 Å². The molecule has 17 heavy (non-hydrogen) atoms. The molecule has 0 aliphatic heterocycles. The Labute approximate surface area is 99.2 Å². The van der Waals surface area contributed by atoms with Crippen LogP contribution in [0.15, 0.2) is 33.5 Å². The van der Waals surface area contributed by atoms with Crippen molar-refractivity contribution in [1.82, 2.24) is 0 Å². The number of fused-ring (bicyclic) bond motifs is 1. The fourth-order valence-corrected chi connectivity index (χ4v) is 1.82. The molecule has 0 saturated carbocycles. The van der Waals surface area contributed by atoms with Gasteiger partial charge in [0.15, 0.2) is 0 Å². The first kappa shape index (κ1) is 11.7. The highest BCUT2D eigenvalue weighted by Crippen LogP contribution is 2.21. The number of ether oxygens (including phenoxy) is 1. The Hall–Kier alpha value is -1.81. The zero-order valence-electron chi connectivity index (χ0n) is 9.95. The monoisotopic (exact) mass is 233 g/mol. The molecule has 90 valence electrons. The number of hydrogen-bond acceptors (Lipinski definition) is 4. The molecular weight excluding hydrogens is 218 g/mol. The molecule has 0 amide bonds. The van der Waals surface area contributed by atoms with Gasteiger partial charge < -0.3 is 14.5 Å². The first-order chi connectivity index (χ1) is 8.24. The van der Waals surface area contributed by atoms with Gasteiger partial charge in [-0.2, -0.15) is 0 Å². The second-order valence-corrected chi connectivity index (χ2v) is 3.76. The van der Waals surface area contributed by atoms with Crippen LogP contribution in [0, 0.1) is 0 Å². The second-order valence-electron chi connectivity index (χ2n) is 3.76. The number of nitrogens with one attached hydrogen (secondary N) is 1. The summed E-state index contributed by atoms with van der Waals surface area (Å²) < 4.78 is 10.3. The predicted octanol–water partition coefficient (Wildman–Crippen LogP) is 2.37. The maximum atomic E-state index is 11.4. The van der Waals surface area contributed by atoms with E-state index < -0.39 is 0 Å². The fourth-order valence-electron chi connectivity index (χ4n) is 1.82. The first-order valence-electron chi connectivity index (χ1n) is 5.54. The van der Waals surface area contributed by atoms with E-state index in [1.54, 1.807) is 7.11 Å². The molecule has 0 atom stereocenters. The zero-order valence-corrected chi connectivity index (χ0v) is 9.95. The summed E-state index contributed by atoms with van der Waals surface area (Å²) in [6.45, 7) is 3.25. The van der Waals surface area contributed by atoms with Crippen molar-refractivity contribution in [3.05, 3.63) is 40.2 Å². The van der Waals surface area contributed by atoms with Crippen molar-refractivity contribution in [3.8, 4) is 0 Å². The van der Waals surface area contributed by atoms with Crippen LogP contribution in [0.5, 0.6) is 0 Å². The van der Waals surface area contributed by atoms with Crippen LogP contribution >= 0.6 is 0 Å². The summed E-state index contributed by atoms with van der Waals surface area (Å²) in [5, 5.41) is 4.09. The van der Waals surface area contributed by atoms with E-state index in [-0.39, 0.29) is 5.63 Å². The lowest BCUT2D eigenvalue weighted by molar-refractivity contribution is 0.185. The second kappa shape index (κ2) is 5.01. The Kier molecular flexibility index (Phi) is 3.44. The van der Waals surface area contributed by atoms with Crippen LogP contribution in [0.2, 0.25) is 0 Å². The van der Waals surface area contributed by atoms with Gasteiger partial charge in [-0.25, -0.2) is 4.79 Å². The van der Waals surface area contributed by atoms with Gasteiger partial charge in [-0.1, -0.05) is 0 Å². The zero-order chi connectivity index (χ0) is 12.3. The third-order valence-electron chi connectivity index (χ3n) is 2.51. The molecule has 1 aromatic carbocycles. The minimum Gasteiger partial charge on any atom is -0.423 e. The van der Waals surface area contributed by atoms with Gasteiger partial charge in [0.2, 0.25) is 0 Å². The van der Waals surface area contributed by atoms with Crippen molar-refractivity contribution in [2.24, 2.45) is 0 Å². The van der Waals surface area contributed by atoms with Gasteiger partial charge in [-0.15, -0.1) is 0 Å². The molecule has 0 aliphatic rings. The van der Waals surface area contributed by atoms with E-state index in [1.165, 1.54) is 6.07 Å². The van der Waals surface area contributed by atoms with Crippen LogP contribution in [0.25, 0.3) is 11.0 Å². The van der Waals surface area contributed by atoms with Gasteiger partial charge in [0, 0.05) is 36.9 Å². The van der Waals surface area contributed by atoms with Gasteiger partial charge in [0.1, 0.15) is 5.58 Å². The minimum atomic E-state index is -0.349. The average molecular weight is 233 g/mol. The summed E-state index contributed by atoms with van der Waals surface area (Å²) in [7, 11) is 1.60. The molecule has 2 aromatic rings. The van der Waals surface area contributed by atoms with Crippen molar-refractivity contribution in [2.45, 2.75) is 13.5 Å². The van der Waals surface area contributed by atoms with Gasteiger partial charge in [-0.3, -0.25) is 0 Å². The first-order valence-corrected chi connectivity index (χ1v) is 5.54. The molecule has 0 spiro atoms. The van der Waals surface area contributed by atoms with E-state index in [4.69, 9.17) is 9.15 Å². The molecule has 1 heterocycles. The van der Waals surface area contributed by atoms with Crippen molar-refractivity contribution < 1.29 is 9.15 Å². The maximum absolute atomic E-state index is 11.4. The van der Waals surface area contributed by atoms with Crippen LogP contribution in [0.1, 0.15) is 12.5 Å². The third kappa shape index (κ3) is 2.47. The van der Waals surface area contributed by atoms with Crippen LogP contribution in [-0.2, 0) is 11.3 Å². The molecule has 4 nitrogen and oxygen atoms in total. The molecule has 0 radical (unpaired) electrons. The summed E-state index contributed by atoms with van der Waals surface area (Å²) in [5.74, 6) is 0. The fraction of sp³-hybridized carbons (Fsp3) is 0.308. The van der Waals surface area contributed by atoms with E-state index in [0.717, 1.165) is 23.2 Å². The Morgan fingerprint density at radius 3 is 2.88 bits per heavy atom. The highest BCUT2D eigenvalue weighted by atomic mass is 16.5. The molecular formula is C13H15NO3. The quantitative estimate of drug-likeness (QED) is 0.824. The summed E-state index contributed by atoms with van der Waals surface area (Å²) in [5.41, 5.74) is 2.03. The highest BCUT2D eigenvalue weighted by Gasteiger charge is 2.06. The molecule has 0 fully saturated rings. The van der Waals surface area contributed by atoms with Crippen molar-refractivity contribution in [3.63, 3.8) is 0 Å². The van der Waals surface area contributed by atoms with Crippen LogP contribution in [0.3, 0.4) is 0 Å². The number of methoxy groups -OCH3 is 1. The van der Waals surface area contributed by atoms with Gasteiger partial charge in [0.05, 0.1) is 6.61 Å². The Morgan fingerprint density at radius 2 is 2.18 bits per heavy atom. The van der Waals surface area contributed by atoms with E-state index >= 15 is 0 Å². The lowest BCUT2D eigenvalue weighted by Gasteiger charge is -2.07. The minimum absolute atomic E-state index is 0.349. The maximum Gasteiger partial charge on any atom is 0.336 e. The number of hydrogen-bond donors (Lipinski definition) is 1. The smallest absolute Gasteiger partial charge is 0.336 e. The number of benzene rings is 1. The van der Waals surface area contributed by atoms with E-state index in [0.29, 0.717) is 12.2 Å². The molecule has 0 aliphatic carbocycles. The molecule has 1 aromatic heterocycles. The van der Waals surface area contributed by atoms with Crippen LogP contribution in [-0.4, -0.2) is 13.7 Å². The summed E-state index contributed by atoms with van der Waals surface area (Å²) in [6.07, 6.45) is 0. The highest BCUT2D eigenvalue weighted by molar-refractivity contribution is 5.83. The Morgan fingerprint density at radius 1 is 1.35 bits per heavy atom. The van der Waals surface area contributed by atoms with E-state index in [2.05, 4.69) is 5.32 Å². The lowest BCUT2D eigenvalue weighted by atomic mass is 10.1. The average Bonchev–Trinajstić information content (AvgIpc) is 2.29. The summed E-state index contributed by atoms with van der Waals surface area (Å²) in [6, 6.07) is 7.20. The normalized spacial score (nSPS) is 10.7. The van der Waals surface area contributed by atoms with Gasteiger partial charge in [0.25, 0.3) is 0 Å². The summed E-state index contributed by atoms with van der Waals surface area (Å²) >= 11 is 0. The molecule has 0 bridgehead atoms. The summed E-state index contributed by atoms with van der Waals surface area (Å²) in [4.78, 5) is 11.4.